The largest absolute Gasteiger partial charge is 0.481 e. The van der Waals surface area contributed by atoms with Crippen molar-refractivity contribution in [2.75, 3.05) is 0 Å². The SMILES string of the molecule is Cc1cccc(CC(=O)NC(CC(=O)O)Cc2ccc3ccccc3c2)c1. The van der Waals surface area contributed by atoms with Crippen LogP contribution in [-0.2, 0) is 22.4 Å². The van der Waals surface area contributed by atoms with E-state index >= 15 is 0 Å². The Morgan fingerprint density at radius 2 is 1.70 bits per heavy atom. The van der Waals surface area contributed by atoms with Crippen molar-refractivity contribution in [2.45, 2.75) is 32.2 Å². The van der Waals surface area contributed by atoms with Gasteiger partial charge in [-0.2, -0.15) is 0 Å². The number of amides is 1. The number of carboxylic acids is 1. The van der Waals surface area contributed by atoms with Crippen molar-refractivity contribution < 1.29 is 14.7 Å². The molecule has 3 aromatic carbocycles. The van der Waals surface area contributed by atoms with Gasteiger partial charge < -0.3 is 10.4 Å². The summed E-state index contributed by atoms with van der Waals surface area (Å²) in [4.78, 5) is 23.7. The highest BCUT2D eigenvalue weighted by Crippen LogP contribution is 2.17. The van der Waals surface area contributed by atoms with E-state index in [1.807, 2.05) is 67.6 Å². The number of benzene rings is 3. The molecule has 4 nitrogen and oxygen atoms in total. The second-order valence-corrected chi connectivity index (χ2v) is 6.91. The summed E-state index contributed by atoms with van der Waals surface area (Å²) in [5.74, 6) is -1.08. The zero-order chi connectivity index (χ0) is 19.2. The number of hydrogen-bond donors (Lipinski definition) is 2. The van der Waals surface area contributed by atoms with Gasteiger partial charge in [0.15, 0.2) is 0 Å². The van der Waals surface area contributed by atoms with Gasteiger partial charge in [0.05, 0.1) is 12.8 Å². The van der Waals surface area contributed by atoms with Gasteiger partial charge in [0.2, 0.25) is 5.91 Å². The third kappa shape index (κ3) is 5.42. The van der Waals surface area contributed by atoms with E-state index in [9.17, 15) is 14.7 Å². The second kappa shape index (κ2) is 8.49. The van der Waals surface area contributed by atoms with Crippen molar-refractivity contribution in [3.63, 3.8) is 0 Å². The number of carbonyl (C=O) groups excluding carboxylic acids is 1. The number of fused-ring (bicyclic) bond motifs is 1. The van der Waals surface area contributed by atoms with Crippen LogP contribution in [-0.4, -0.2) is 23.0 Å². The topological polar surface area (TPSA) is 66.4 Å². The van der Waals surface area contributed by atoms with Gasteiger partial charge in [-0.05, 0) is 35.2 Å². The van der Waals surface area contributed by atoms with Gasteiger partial charge in [0.25, 0.3) is 0 Å². The summed E-state index contributed by atoms with van der Waals surface area (Å²) in [6.45, 7) is 1.98. The summed E-state index contributed by atoms with van der Waals surface area (Å²) < 4.78 is 0. The molecule has 3 aromatic rings. The third-order valence-corrected chi connectivity index (χ3v) is 4.53. The molecule has 27 heavy (non-hydrogen) atoms. The van der Waals surface area contributed by atoms with E-state index in [1.165, 1.54) is 0 Å². The minimum absolute atomic E-state index is 0.105. The number of aryl methyl sites for hydroxylation is 1. The van der Waals surface area contributed by atoms with Crippen LogP contribution in [0.5, 0.6) is 0 Å². The quantitative estimate of drug-likeness (QED) is 0.671. The number of aliphatic carboxylic acids is 1. The molecular formula is C23H23NO3. The molecule has 0 aliphatic rings. The summed E-state index contributed by atoms with van der Waals surface area (Å²) in [5, 5.41) is 14.4. The number of nitrogens with one attached hydrogen (secondary N) is 1. The predicted octanol–water partition coefficient (Wildman–Crippen LogP) is 3.89. The van der Waals surface area contributed by atoms with Gasteiger partial charge in [-0.1, -0.05) is 72.3 Å². The van der Waals surface area contributed by atoms with E-state index < -0.39 is 12.0 Å². The average molecular weight is 361 g/mol. The van der Waals surface area contributed by atoms with Crippen LogP contribution in [0.3, 0.4) is 0 Å². The zero-order valence-corrected chi connectivity index (χ0v) is 15.3. The number of rotatable bonds is 7. The molecular weight excluding hydrogens is 338 g/mol. The first kappa shape index (κ1) is 18.6. The molecule has 0 saturated carbocycles. The van der Waals surface area contributed by atoms with Crippen LogP contribution in [0.1, 0.15) is 23.1 Å². The fourth-order valence-corrected chi connectivity index (χ4v) is 3.32. The molecule has 1 atom stereocenters. The van der Waals surface area contributed by atoms with Crippen molar-refractivity contribution >= 4 is 22.6 Å². The first-order valence-electron chi connectivity index (χ1n) is 9.04. The lowest BCUT2D eigenvalue weighted by Crippen LogP contribution is -2.39. The maximum absolute atomic E-state index is 12.4. The third-order valence-electron chi connectivity index (χ3n) is 4.53. The predicted molar refractivity (Wildman–Crippen MR) is 107 cm³/mol. The van der Waals surface area contributed by atoms with Gasteiger partial charge >= 0.3 is 5.97 Å². The summed E-state index contributed by atoms with van der Waals surface area (Å²) >= 11 is 0. The Kier molecular flexibility index (Phi) is 5.87. The Bertz CT molecular complexity index is 965. The summed E-state index contributed by atoms with van der Waals surface area (Å²) in [6.07, 6.45) is 0.624. The van der Waals surface area contributed by atoms with E-state index in [2.05, 4.69) is 11.4 Å². The van der Waals surface area contributed by atoms with E-state index in [0.29, 0.717) is 6.42 Å². The Morgan fingerprint density at radius 3 is 2.44 bits per heavy atom. The molecule has 0 fully saturated rings. The maximum atomic E-state index is 12.4. The van der Waals surface area contributed by atoms with Crippen LogP contribution in [0.25, 0.3) is 10.8 Å². The van der Waals surface area contributed by atoms with Gasteiger partial charge in [-0.25, -0.2) is 0 Å². The Morgan fingerprint density at radius 1 is 0.926 bits per heavy atom. The van der Waals surface area contributed by atoms with Crippen molar-refractivity contribution in [1.82, 2.24) is 5.32 Å². The molecule has 0 heterocycles. The van der Waals surface area contributed by atoms with E-state index in [1.54, 1.807) is 0 Å². The fourth-order valence-electron chi connectivity index (χ4n) is 3.32. The molecule has 0 saturated heterocycles. The van der Waals surface area contributed by atoms with Crippen LogP contribution in [0.15, 0.2) is 66.7 Å². The number of carbonyl (C=O) groups is 2. The van der Waals surface area contributed by atoms with E-state index in [4.69, 9.17) is 0 Å². The lowest BCUT2D eigenvalue weighted by molar-refractivity contribution is -0.137. The number of carboxylic acid groups (broad SMARTS) is 1. The summed E-state index contributed by atoms with van der Waals surface area (Å²) in [7, 11) is 0. The minimum Gasteiger partial charge on any atom is -0.481 e. The van der Waals surface area contributed by atoms with E-state index in [-0.39, 0.29) is 18.7 Å². The fraction of sp³-hybridized carbons (Fsp3) is 0.217. The highest BCUT2D eigenvalue weighted by atomic mass is 16.4. The van der Waals surface area contributed by atoms with Gasteiger partial charge in [0, 0.05) is 6.04 Å². The Labute approximate surface area is 158 Å². The normalized spacial score (nSPS) is 11.9. The minimum atomic E-state index is -0.920. The van der Waals surface area contributed by atoms with Gasteiger partial charge in [-0.15, -0.1) is 0 Å². The van der Waals surface area contributed by atoms with Crippen LogP contribution < -0.4 is 5.32 Å². The summed E-state index contributed by atoms with van der Waals surface area (Å²) in [6, 6.07) is 21.4. The Balaban J connectivity index is 1.70. The van der Waals surface area contributed by atoms with Gasteiger partial charge in [0.1, 0.15) is 0 Å². The first-order chi connectivity index (χ1) is 13.0. The molecule has 0 radical (unpaired) electrons. The maximum Gasteiger partial charge on any atom is 0.305 e. The molecule has 1 unspecified atom stereocenters. The van der Waals surface area contributed by atoms with Crippen LogP contribution in [0, 0.1) is 6.92 Å². The monoisotopic (exact) mass is 361 g/mol. The molecule has 2 N–H and O–H groups in total. The highest BCUT2D eigenvalue weighted by molar-refractivity contribution is 5.83. The molecule has 0 aromatic heterocycles. The standard InChI is InChI=1S/C23H23NO3/c1-16-5-4-6-17(11-16)14-22(25)24-21(15-23(26)27)13-18-9-10-19-7-2-3-8-20(19)12-18/h2-12,21H,13-15H2,1H3,(H,24,25)(H,26,27). The molecule has 0 aliphatic carbocycles. The molecule has 3 rings (SSSR count). The molecule has 1 amide bonds. The molecule has 0 aliphatic heterocycles. The van der Waals surface area contributed by atoms with Crippen molar-refractivity contribution in [2.24, 2.45) is 0 Å². The van der Waals surface area contributed by atoms with Crippen LogP contribution >= 0.6 is 0 Å². The van der Waals surface area contributed by atoms with Crippen molar-refractivity contribution in [3.05, 3.63) is 83.4 Å². The van der Waals surface area contributed by atoms with Crippen molar-refractivity contribution in [3.8, 4) is 0 Å². The lowest BCUT2D eigenvalue weighted by atomic mass is 9.99. The van der Waals surface area contributed by atoms with Crippen LogP contribution in [0.4, 0.5) is 0 Å². The first-order valence-corrected chi connectivity index (χ1v) is 9.04. The number of hydrogen-bond acceptors (Lipinski definition) is 2. The molecule has 4 heteroatoms. The van der Waals surface area contributed by atoms with E-state index in [0.717, 1.165) is 27.5 Å². The zero-order valence-electron chi connectivity index (χ0n) is 15.3. The Hall–Kier alpha value is -3.14. The molecule has 138 valence electrons. The highest BCUT2D eigenvalue weighted by Gasteiger charge is 2.17. The van der Waals surface area contributed by atoms with Crippen molar-refractivity contribution in [1.29, 1.82) is 0 Å². The molecule has 0 spiro atoms. The van der Waals surface area contributed by atoms with Gasteiger partial charge in [-0.3, -0.25) is 9.59 Å². The lowest BCUT2D eigenvalue weighted by Gasteiger charge is -2.18. The average Bonchev–Trinajstić information content (AvgIpc) is 2.61. The smallest absolute Gasteiger partial charge is 0.305 e. The molecule has 0 bridgehead atoms. The second-order valence-electron chi connectivity index (χ2n) is 6.91. The van der Waals surface area contributed by atoms with Crippen LogP contribution in [0.2, 0.25) is 0 Å². The summed E-state index contributed by atoms with van der Waals surface area (Å²) in [5.41, 5.74) is 3.03.